The Morgan fingerprint density at radius 3 is 2.58 bits per heavy atom. The van der Waals surface area contributed by atoms with Crippen molar-refractivity contribution in [3.05, 3.63) is 64.0 Å². The van der Waals surface area contributed by atoms with Gasteiger partial charge in [0.1, 0.15) is 12.0 Å². The zero-order valence-corrected chi connectivity index (χ0v) is 18.6. The van der Waals surface area contributed by atoms with E-state index in [1.165, 1.54) is 30.6 Å². The summed E-state index contributed by atoms with van der Waals surface area (Å²) < 4.78 is 31.2. The van der Waals surface area contributed by atoms with Gasteiger partial charge in [0, 0.05) is 42.9 Å². The molecule has 1 aromatic heterocycles. The predicted molar refractivity (Wildman–Crippen MR) is 119 cm³/mol. The number of nitro benzene ring substituents is 1. The van der Waals surface area contributed by atoms with Crippen LogP contribution in [0, 0.1) is 27.7 Å². The molecule has 0 unspecified atom stereocenters. The molecule has 0 aliphatic carbocycles. The number of halogens is 2. The summed E-state index contributed by atoms with van der Waals surface area (Å²) >= 11 is 1.05. The molecule has 2 heterocycles. The average molecular weight is 474 g/mol. The van der Waals surface area contributed by atoms with Crippen molar-refractivity contribution in [1.29, 1.82) is 0 Å². The van der Waals surface area contributed by atoms with Crippen LogP contribution in [0.3, 0.4) is 0 Å². The molecule has 0 saturated carbocycles. The van der Waals surface area contributed by atoms with E-state index < -0.39 is 28.2 Å². The second kappa shape index (κ2) is 9.14. The molecule has 1 aliphatic heterocycles. The maximum absolute atomic E-state index is 14.8. The highest BCUT2D eigenvalue weighted by Crippen LogP contribution is 2.33. The number of aryl methyl sites for hydroxylation is 1. The van der Waals surface area contributed by atoms with Crippen LogP contribution >= 0.6 is 11.8 Å². The predicted octanol–water partition coefficient (Wildman–Crippen LogP) is 4.25. The van der Waals surface area contributed by atoms with E-state index in [2.05, 4.69) is 22.4 Å². The molecule has 12 heteroatoms. The van der Waals surface area contributed by atoms with Crippen LogP contribution in [0.2, 0.25) is 0 Å². The van der Waals surface area contributed by atoms with Gasteiger partial charge in [-0.1, -0.05) is 6.92 Å². The molecular weight excluding hydrogens is 454 g/mol. The first-order valence-electron chi connectivity index (χ1n) is 10.1. The molecule has 172 valence electrons. The van der Waals surface area contributed by atoms with Crippen LogP contribution < -0.4 is 10.2 Å². The first-order chi connectivity index (χ1) is 15.7. The van der Waals surface area contributed by atoms with Gasteiger partial charge in [0.15, 0.2) is 16.8 Å². The van der Waals surface area contributed by atoms with Crippen LogP contribution in [0.25, 0.3) is 0 Å². The Hall–Kier alpha value is -3.54. The number of nitro groups is 1. The molecule has 0 spiro atoms. The lowest BCUT2D eigenvalue weighted by Crippen LogP contribution is -2.20. The largest absolute Gasteiger partial charge is 0.371 e. The first-order valence-corrected chi connectivity index (χ1v) is 10.9. The molecule has 3 aromatic rings. The molecule has 33 heavy (non-hydrogen) atoms. The second-order valence-electron chi connectivity index (χ2n) is 7.84. The van der Waals surface area contributed by atoms with Crippen LogP contribution in [-0.4, -0.2) is 38.7 Å². The van der Waals surface area contributed by atoms with E-state index in [-0.39, 0.29) is 11.3 Å². The van der Waals surface area contributed by atoms with Crippen molar-refractivity contribution >= 4 is 34.7 Å². The molecule has 1 N–H and O–H groups in total. The zero-order valence-electron chi connectivity index (χ0n) is 17.8. The monoisotopic (exact) mass is 474 g/mol. The summed E-state index contributed by atoms with van der Waals surface area (Å²) in [6.07, 6.45) is 2.39. The fourth-order valence-electron chi connectivity index (χ4n) is 3.57. The Morgan fingerprint density at radius 2 is 2.00 bits per heavy atom. The zero-order chi connectivity index (χ0) is 23.7. The molecule has 1 fully saturated rings. The summed E-state index contributed by atoms with van der Waals surface area (Å²) in [6.45, 7) is 3.46. The van der Waals surface area contributed by atoms with Gasteiger partial charge >= 0.3 is 0 Å². The molecule has 1 aliphatic rings. The number of nitrogens with one attached hydrogen (secondary N) is 1. The van der Waals surface area contributed by atoms with Gasteiger partial charge in [0.05, 0.1) is 10.5 Å². The number of amides is 1. The highest BCUT2D eigenvalue weighted by molar-refractivity contribution is 7.99. The molecule has 1 atom stereocenters. The van der Waals surface area contributed by atoms with E-state index in [0.29, 0.717) is 34.7 Å². The van der Waals surface area contributed by atoms with Gasteiger partial charge in [0.2, 0.25) is 0 Å². The van der Waals surface area contributed by atoms with E-state index in [9.17, 15) is 23.7 Å². The Bertz CT molecular complexity index is 1210. The standard InChI is InChI=1S/C21H20F2N6O3S/c1-12-5-6-28(10-12)14-8-16(22)19(17(23)9-14)25-20(30)15-7-13(29(31)32)3-4-18(15)33-21-26-24-11-27(21)2/h3-4,7-9,11-12H,5-6,10H2,1-2H3,(H,25,30)/t12-/m0/s1. The lowest BCUT2D eigenvalue weighted by Gasteiger charge is -2.19. The van der Waals surface area contributed by atoms with Crippen LogP contribution in [0.4, 0.5) is 25.8 Å². The lowest BCUT2D eigenvalue weighted by atomic mass is 10.1. The third-order valence-corrected chi connectivity index (χ3v) is 6.47. The van der Waals surface area contributed by atoms with E-state index in [1.54, 1.807) is 11.6 Å². The number of nitrogens with zero attached hydrogens (tertiary/aromatic N) is 5. The van der Waals surface area contributed by atoms with Crippen molar-refractivity contribution in [2.45, 2.75) is 23.4 Å². The number of carbonyl (C=O) groups is 1. The summed E-state index contributed by atoms with van der Waals surface area (Å²) in [5, 5.41) is 21.6. The molecular formula is C21H20F2N6O3S. The summed E-state index contributed by atoms with van der Waals surface area (Å²) in [5.74, 6) is -2.31. The minimum Gasteiger partial charge on any atom is -0.371 e. The van der Waals surface area contributed by atoms with Gasteiger partial charge in [-0.15, -0.1) is 10.2 Å². The van der Waals surface area contributed by atoms with Crippen molar-refractivity contribution in [3.63, 3.8) is 0 Å². The molecule has 0 radical (unpaired) electrons. The number of hydrogen-bond donors (Lipinski definition) is 1. The highest BCUT2D eigenvalue weighted by Gasteiger charge is 2.24. The molecule has 9 nitrogen and oxygen atoms in total. The van der Waals surface area contributed by atoms with Crippen LogP contribution in [-0.2, 0) is 7.05 Å². The van der Waals surface area contributed by atoms with Crippen molar-refractivity contribution in [2.24, 2.45) is 13.0 Å². The van der Waals surface area contributed by atoms with Crippen LogP contribution in [0.5, 0.6) is 0 Å². The Labute approximate surface area is 191 Å². The molecule has 1 saturated heterocycles. The second-order valence-corrected chi connectivity index (χ2v) is 8.85. The number of non-ortho nitro benzene ring substituents is 1. The molecule has 4 rings (SSSR count). The third kappa shape index (κ3) is 4.80. The Balaban J connectivity index is 1.64. The summed E-state index contributed by atoms with van der Waals surface area (Å²) in [6, 6.07) is 6.04. The van der Waals surface area contributed by atoms with E-state index in [1.807, 2.05) is 4.90 Å². The quantitative estimate of drug-likeness (QED) is 0.420. The third-order valence-electron chi connectivity index (χ3n) is 5.34. The minimum absolute atomic E-state index is 0.117. The van der Waals surface area contributed by atoms with E-state index in [4.69, 9.17) is 0 Å². The van der Waals surface area contributed by atoms with Gasteiger partial charge in [-0.25, -0.2) is 8.78 Å². The summed E-state index contributed by atoms with van der Waals surface area (Å²) in [4.78, 5) is 25.8. The summed E-state index contributed by atoms with van der Waals surface area (Å²) in [5.41, 5.74) is -0.659. The van der Waals surface area contributed by atoms with Gasteiger partial charge in [-0.3, -0.25) is 14.9 Å². The van der Waals surface area contributed by atoms with E-state index in [0.717, 1.165) is 24.2 Å². The average Bonchev–Trinajstić information content (AvgIpc) is 3.38. The number of carbonyl (C=O) groups excluding carboxylic acids is 1. The van der Waals surface area contributed by atoms with Gasteiger partial charge < -0.3 is 14.8 Å². The molecule has 2 aromatic carbocycles. The van der Waals surface area contributed by atoms with Crippen molar-refractivity contribution in [1.82, 2.24) is 14.8 Å². The Kier molecular flexibility index (Phi) is 6.27. The Morgan fingerprint density at radius 1 is 1.27 bits per heavy atom. The number of rotatable bonds is 6. The van der Waals surface area contributed by atoms with Crippen molar-refractivity contribution in [2.75, 3.05) is 23.3 Å². The molecule has 1 amide bonds. The normalized spacial score (nSPS) is 15.6. The maximum Gasteiger partial charge on any atom is 0.270 e. The lowest BCUT2D eigenvalue weighted by molar-refractivity contribution is -0.384. The smallest absolute Gasteiger partial charge is 0.270 e. The van der Waals surface area contributed by atoms with Crippen molar-refractivity contribution < 1.29 is 18.5 Å². The molecule has 0 bridgehead atoms. The minimum atomic E-state index is -0.925. The number of hydrogen-bond acceptors (Lipinski definition) is 7. The highest BCUT2D eigenvalue weighted by atomic mass is 32.2. The van der Waals surface area contributed by atoms with E-state index >= 15 is 0 Å². The van der Waals surface area contributed by atoms with Crippen molar-refractivity contribution in [3.8, 4) is 0 Å². The fraction of sp³-hybridized carbons (Fsp3) is 0.286. The van der Waals surface area contributed by atoms with Crippen LogP contribution in [0.15, 0.2) is 46.7 Å². The topological polar surface area (TPSA) is 106 Å². The number of aromatic nitrogens is 3. The summed E-state index contributed by atoms with van der Waals surface area (Å²) in [7, 11) is 1.70. The number of anilines is 2. The maximum atomic E-state index is 14.8. The number of benzene rings is 2. The fourth-order valence-corrected chi connectivity index (χ4v) is 4.45. The SMILES string of the molecule is C[C@H]1CCN(c2cc(F)c(NC(=O)c3cc([N+](=O)[O-])ccc3Sc3nncn3C)c(F)c2)C1. The van der Waals surface area contributed by atoms with Gasteiger partial charge in [-0.2, -0.15) is 0 Å². The van der Waals surface area contributed by atoms with Gasteiger partial charge in [-0.05, 0) is 42.3 Å². The van der Waals surface area contributed by atoms with Gasteiger partial charge in [0.25, 0.3) is 11.6 Å². The van der Waals surface area contributed by atoms with Crippen LogP contribution in [0.1, 0.15) is 23.7 Å². The first kappa shape index (κ1) is 22.6.